The molecule has 0 atom stereocenters. The molecule has 0 aromatic heterocycles. The summed E-state index contributed by atoms with van der Waals surface area (Å²) in [5.41, 5.74) is 0. The number of rotatable bonds is 4. The van der Waals surface area contributed by atoms with Crippen molar-refractivity contribution in [1.82, 2.24) is 15.5 Å². The molecule has 104 valence electrons. The average molecular weight is 255 g/mol. The van der Waals surface area contributed by atoms with Crippen molar-refractivity contribution in [1.29, 1.82) is 0 Å². The first kappa shape index (κ1) is 14.8. The third-order valence-electron chi connectivity index (χ3n) is 3.18. The highest BCUT2D eigenvalue weighted by Crippen LogP contribution is 2.15. The largest absolute Gasteiger partial charge is 0.354 e. The van der Waals surface area contributed by atoms with E-state index in [1.165, 1.54) is 0 Å². The Balaban J connectivity index is 2.18. The van der Waals surface area contributed by atoms with Crippen LogP contribution in [0, 0.1) is 11.8 Å². The van der Waals surface area contributed by atoms with E-state index in [0.29, 0.717) is 18.4 Å². The summed E-state index contributed by atoms with van der Waals surface area (Å²) in [6.07, 6.45) is 2.10. The lowest BCUT2D eigenvalue weighted by Gasteiger charge is -2.30. The summed E-state index contributed by atoms with van der Waals surface area (Å²) >= 11 is 0. The van der Waals surface area contributed by atoms with Gasteiger partial charge in [0.05, 0.1) is 6.54 Å². The van der Waals surface area contributed by atoms with Crippen LogP contribution in [0.15, 0.2) is 0 Å². The number of hydrogen-bond acceptors (Lipinski definition) is 2. The van der Waals surface area contributed by atoms with Gasteiger partial charge in [-0.25, -0.2) is 4.79 Å². The predicted octanol–water partition coefficient (Wildman–Crippen LogP) is 1.20. The minimum atomic E-state index is -0.124. The number of piperidine rings is 1. The lowest BCUT2D eigenvalue weighted by atomic mass is 10.00. The zero-order valence-electron chi connectivity index (χ0n) is 11.7. The summed E-state index contributed by atoms with van der Waals surface area (Å²) in [4.78, 5) is 25.0. The molecule has 18 heavy (non-hydrogen) atoms. The molecule has 0 aliphatic carbocycles. The Morgan fingerprint density at radius 1 is 1.22 bits per heavy atom. The summed E-state index contributed by atoms with van der Waals surface area (Å²) in [6.45, 7) is 8.57. The van der Waals surface area contributed by atoms with Gasteiger partial charge < -0.3 is 15.5 Å². The van der Waals surface area contributed by atoms with Gasteiger partial charge in [-0.3, -0.25) is 4.79 Å². The van der Waals surface area contributed by atoms with Gasteiger partial charge in [0.1, 0.15) is 0 Å². The first-order chi connectivity index (χ1) is 8.49. The van der Waals surface area contributed by atoms with E-state index >= 15 is 0 Å². The Bertz CT molecular complexity index is 284. The van der Waals surface area contributed by atoms with E-state index in [0.717, 1.165) is 25.9 Å². The number of carbonyl (C=O) groups excluding carboxylic acids is 2. The SMILES string of the molecule is CC(C)CNC(=O)CNC(=O)N1CCC(C)CC1. The van der Waals surface area contributed by atoms with E-state index in [1.54, 1.807) is 4.90 Å². The molecule has 0 spiro atoms. The van der Waals surface area contributed by atoms with Gasteiger partial charge in [-0.15, -0.1) is 0 Å². The predicted molar refractivity (Wildman–Crippen MR) is 71.2 cm³/mol. The maximum Gasteiger partial charge on any atom is 0.317 e. The van der Waals surface area contributed by atoms with Gasteiger partial charge in [-0.05, 0) is 24.7 Å². The highest BCUT2D eigenvalue weighted by molar-refractivity contribution is 5.83. The van der Waals surface area contributed by atoms with Crippen molar-refractivity contribution in [2.75, 3.05) is 26.2 Å². The van der Waals surface area contributed by atoms with Crippen molar-refractivity contribution in [3.63, 3.8) is 0 Å². The zero-order chi connectivity index (χ0) is 13.5. The molecule has 0 unspecified atom stereocenters. The molecule has 1 heterocycles. The van der Waals surface area contributed by atoms with E-state index in [2.05, 4.69) is 17.6 Å². The van der Waals surface area contributed by atoms with E-state index in [-0.39, 0.29) is 18.5 Å². The fourth-order valence-corrected chi connectivity index (χ4v) is 1.86. The van der Waals surface area contributed by atoms with Crippen LogP contribution in [0.3, 0.4) is 0 Å². The molecular formula is C13H25N3O2. The van der Waals surface area contributed by atoms with Crippen LogP contribution in [0.1, 0.15) is 33.6 Å². The number of amides is 3. The first-order valence-corrected chi connectivity index (χ1v) is 6.78. The summed E-state index contributed by atoms with van der Waals surface area (Å²) in [6, 6.07) is -0.124. The topological polar surface area (TPSA) is 61.4 Å². The van der Waals surface area contributed by atoms with Gasteiger partial charge in [0, 0.05) is 19.6 Å². The van der Waals surface area contributed by atoms with Crippen molar-refractivity contribution in [3.8, 4) is 0 Å². The summed E-state index contributed by atoms with van der Waals surface area (Å²) in [7, 11) is 0. The second-order valence-corrected chi connectivity index (χ2v) is 5.53. The second kappa shape index (κ2) is 7.24. The number of carbonyl (C=O) groups is 2. The number of nitrogens with zero attached hydrogens (tertiary/aromatic N) is 1. The van der Waals surface area contributed by atoms with Gasteiger partial charge in [-0.1, -0.05) is 20.8 Å². The minimum absolute atomic E-state index is 0.0671. The van der Waals surface area contributed by atoms with Gasteiger partial charge >= 0.3 is 6.03 Å². The second-order valence-electron chi connectivity index (χ2n) is 5.53. The van der Waals surface area contributed by atoms with E-state index in [4.69, 9.17) is 0 Å². The third kappa shape index (κ3) is 5.38. The molecule has 1 fully saturated rings. The van der Waals surface area contributed by atoms with Crippen molar-refractivity contribution < 1.29 is 9.59 Å². The van der Waals surface area contributed by atoms with Crippen molar-refractivity contribution in [3.05, 3.63) is 0 Å². The number of likely N-dealkylation sites (tertiary alicyclic amines) is 1. The summed E-state index contributed by atoms with van der Waals surface area (Å²) < 4.78 is 0. The maximum absolute atomic E-state index is 11.8. The number of nitrogens with one attached hydrogen (secondary N) is 2. The van der Waals surface area contributed by atoms with Crippen LogP contribution < -0.4 is 10.6 Å². The lowest BCUT2D eigenvalue weighted by Crippen LogP contribution is -2.47. The van der Waals surface area contributed by atoms with Crippen LogP contribution in [0.2, 0.25) is 0 Å². The standard InChI is InChI=1S/C13H25N3O2/c1-10(2)8-14-12(17)9-15-13(18)16-6-4-11(3)5-7-16/h10-11H,4-9H2,1-3H3,(H,14,17)(H,15,18). The average Bonchev–Trinajstić information content (AvgIpc) is 2.34. The fraction of sp³-hybridized carbons (Fsp3) is 0.846. The van der Waals surface area contributed by atoms with E-state index in [9.17, 15) is 9.59 Å². The lowest BCUT2D eigenvalue weighted by molar-refractivity contribution is -0.120. The van der Waals surface area contributed by atoms with Crippen molar-refractivity contribution >= 4 is 11.9 Å². The molecule has 1 saturated heterocycles. The van der Waals surface area contributed by atoms with Crippen LogP contribution in [0.4, 0.5) is 4.79 Å². The third-order valence-corrected chi connectivity index (χ3v) is 3.18. The molecule has 0 radical (unpaired) electrons. The Kier molecular flexibility index (Phi) is 5.95. The monoisotopic (exact) mass is 255 g/mol. The molecule has 5 nitrogen and oxygen atoms in total. The van der Waals surface area contributed by atoms with Crippen LogP contribution in [-0.2, 0) is 4.79 Å². The molecule has 3 amide bonds. The van der Waals surface area contributed by atoms with Crippen LogP contribution >= 0.6 is 0 Å². The molecule has 2 N–H and O–H groups in total. The van der Waals surface area contributed by atoms with Gasteiger partial charge in [0.15, 0.2) is 0 Å². The molecule has 1 aliphatic rings. The molecular weight excluding hydrogens is 230 g/mol. The molecule has 0 bridgehead atoms. The minimum Gasteiger partial charge on any atom is -0.354 e. The fourth-order valence-electron chi connectivity index (χ4n) is 1.86. The Morgan fingerprint density at radius 3 is 2.39 bits per heavy atom. The van der Waals surface area contributed by atoms with E-state index in [1.807, 2.05) is 13.8 Å². The molecule has 1 aliphatic heterocycles. The zero-order valence-corrected chi connectivity index (χ0v) is 11.7. The number of hydrogen-bond donors (Lipinski definition) is 2. The molecule has 0 saturated carbocycles. The van der Waals surface area contributed by atoms with Crippen LogP contribution in [-0.4, -0.2) is 43.0 Å². The van der Waals surface area contributed by atoms with E-state index < -0.39 is 0 Å². The van der Waals surface area contributed by atoms with Gasteiger partial charge in [-0.2, -0.15) is 0 Å². The number of urea groups is 1. The molecule has 0 aromatic rings. The highest BCUT2D eigenvalue weighted by Gasteiger charge is 2.20. The molecule has 1 rings (SSSR count). The Morgan fingerprint density at radius 2 is 1.83 bits per heavy atom. The van der Waals surface area contributed by atoms with Crippen LogP contribution in [0.5, 0.6) is 0 Å². The normalized spacial score (nSPS) is 16.8. The van der Waals surface area contributed by atoms with Crippen LogP contribution in [0.25, 0.3) is 0 Å². The Labute approximate surface area is 109 Å². The summed E-state index contributed by atoms with van der Waals surface area (Å²) in [5, 5.41) is 5.44. The maximum atomic E-state index is 11.8. The van der Waals surface area contributed by atoms with Gasteiger partial charge in [0.25, 0.3) is 0 Å². The smallest absolute Gasteiger partial charge is 0.317 e. The van der Waals surface area contributed by atoms with Crippen molar-refractivity contribution in [2.45, 2.75) is 33.6 Å². The Hall–Kier alpha value is -1.26. The molecule has 5 heteroatoms. The quantitative estimate of drug-likeness (QED) is 0.793. The first-order valence-electron chi connectivity index (χ1n) is 6.78. The molecule has 0 aromatic carbocycles. The highest BCUT2D eigenvalue weighted by atomic mass is 16.2. The van der Waals surface area contributed by atoms with Gasteiger partial charge in [0.2, 0.25) is 5.91 Å². The van der Waals surface area contributed by atoms with Crippen molar-refractivity contribution in [2.24, 2.45) is 11.8 Å². The summed E-state index contributed by atoms with van der Waals surface area (Å²) in [5.74, 6) is 0.999.